The van der Waals surface area contributed by atoms with Crippen LogP contribution in [0.1, 0.15) is 16.1 Å². The van der Waals surface area contributed by atoms with Crippen molar-refractivity contribution in [1.29, 1.82) is 0 Å². The summed E-state index contributed by atoms with van der Waals surface area (Å²) in [5.41, 5.74) is 4.52. The standard InChI is InChI=1S/C27H19Cl2N3O/c1-17-12-14-19(15-13-17)32-25(21-9-4-7-18-6-2-3-8-20(18)21)16-24(31-32)27(33)30-23-11-5-10-22(28)26(23)29/h2-16H,1H3,(H,30,33). The van der Waals surface area contributed by atoms with Gasteiger partial charge in [-0.05, 0) is 48.0 Å². The van der Waals surface area contributed by atoms with Crippen molar-refractivity contribution in [3.63, 3.8) is 0 Å². The van der Waals surface area contributed by atoms with Crippen LogP contribution in [0.3, 0.4) is 0 Å². The van der Waals surface area contributed by atoms with Gasteiger partial charge in [-0.3, -0.25) is 4.79 Å². The Hall–Kier alpha value is -3.60. The molecule has 0 unspecified atom stereocenters. The first-order valence-electron chi connectivity index (χ1n) is 10.4. The molecule has 1 aromatic heterocycles. The Kier molecular flexibility index (Phi) is 5.63. The van der Waals surface area contributed by atoms with Crippen LogP contribution in [0.4, 0.5) is 5.69 Å². The Morgan fingerprint density at radius 2 is 1.61 bits per heavy atom. The summed E-state index contributed by atoms with van der Waals surface area (Å²) in [6.07, 6.45) is 0. The van der Waals surface area contributed by atoms with Crippen molar-refractivity contribution < 1.29 is 4.79 Å². The second kappa shape index (κ2) is 8.74. The second-order valence-corrected chi connectivity index (χ2v) is 8.53. The summed E-state index contributed by atoms with van der Waals surface area (Å²) in [6, 6.07) is 29.2. The third kappa shape index (κ3) is 4.11. The third-order valence-corrected chi connectivity index (χ3v) is 6.30. The molecule has 0 aliphatic heterocycles. The highest BCUT2D eigenvalue weighted by Gasteiger charge is 2.19. The van der Waals surface area contributed by atoms with Crippen LogP contribution in [-0.4, -0.2) is 15.7 Å². The van der Waals surface area contributed by atoms with E-state index in [2.05, 4.69) is 28.6 Å². The van der Waals surface area contributed by atoms with Gasteiger partial charge in [0.2, 0.25) is 0 Å². The normalized spacial score (nSPS) is 11.0. The van der Waals surface area contributed by atoms with Crippen LogP contribution in [0.25, 0.3) is 27.7 Å². The molecule has 5 aromatic rings. The first kappa shape index (κ1) is 21.3. The van der Waals surface area contributed by atoms with Gasteiger partial charge in [-0.25, -0.2) is 4.68 Å². The van der Waals surface area contributed by atoms with E-state index in [1.165, 1.54) is 0 Å². The Balaban J connectivity index is 1.64. The number of halogens is 2. The lowest BCUT2D eigenvalue weighted by Crippen LogP contribution is -2.13. The highest BCUT2D eigenvalue weighted by Crippen LogP contribution is 2.32. The SMILES string of the molecule is Cc1ccc(-n2nc(C(=O)Nc3cccc(Cl)c3Cl)cc2-c2cccc3ccccc23)cc1. The van der Waals surface area contributed by atoms with Gasteiger partial charge in [-0.2, -0.15) is 5.10 Å². The lowest BCUT2D eigenvalue weighted by molar-refractivity contribution is 0.102. The Labute approximate surface area is 201 Å². The van der Waals surface area contributed by atoms with E-state index in [0.717, 1.165) is 33.3 Å². The first-order chi connectivity index (χ1) is 16.0. The number of fused-ring (bicyclic) bond motifs is 1. The van der Waals surface area contributed by atoms with Crippen LogP contribution in [0.15, 0.2) is 91.0 Å². The van der Waals surface area contributed by atoms with E-state index in [0.29, 0.717) is 15.7 Å². The predicted molar refractivity (Wildman–Crippen MR) is 136 cm³/mol. The van der Waals surface area contributed by atoms with E-state index in [1.54, 1.807) is 28.9 Å². The van der Waals surface area contributed by atoms with Crippen LogP contribution in [-0.2, 0) is 0 Å². The minimum atomic E-state index is -0.369. The van der Waals surface area contributed by atoms with Gasteiger partial charge in [0, 0.05) is 5.56 Å². The summed E-state index contributed by atoms with van der Waals surface area (Å²) < 4.78 is 1.80. The molecule has 0 saturated carbocycles. The Morgan fingerprint density at radius 3 is 2.42 bits per heavy atom. The average molecular weight is 472 g/mol. The number of nitrogens with one attached hydrogen (secondary N) is 1. The molecule has 0 atom stereocenters. The molecular weight excluding hydrogens is 453 g/mol. The first-order valence-corrected chi connectivity index (χ1v) is 11.2. The molecule has 0 fully saturated rings. The molecule has 0 bridgehead atoms. The van der Waals surface area contributed by atoms with Gasteiger partial charge < -0.3 is 5.32 Å². The largest absolute Gasteiger partial charge is 0.319 e. The molecule has 0 aliphatic carbocycles. The van der Waals surface area contributed by atoms with Crippen molar-refractivity contribution in [2.45, 2.75) is 6.92 Å². The summed E-state index contributed by atoms with van der Waals surface area (Å²) in [4.78, 5) is 13.1. The van der Waals surface area contributed by atoms with E-state index in [9.17, 15) is 4.79 Å². The summed E-state index contributed by atoms with van der Waals surface area (Å²) >= 11 is 12.4. The number of amides is 1. The fourth-order valence-corrected chi connectivity index (χ4v) is 4.15. The number of carbonyl (C=O) groups is 1. The van der Waals surface area contributed by atoms with E-state index in [-0.39, 0.29) is 11.6 Å². The second-order valence-electron chi connectivity index (χ2n) is 7.74. The fraction of sp³-hybridized carbons (Fsp3) is 0.0370. The fourth-order valence-electron chi connectivity index (χ4n) is 3.80. The maximum absolute atomic E-state index is 13.1. The maximum Gasteiger partial charge on any atom is 0.276 e. The molecular formula is C27H19Cl2N3O. The highest BCUT2D eigenvalue weighted by atomic mass is 35.5. The Bertz CT molecular complexity index is 1480. The molecule has 1 N–H and O–H groups in total. The zero-order valence-electron chi connectivity index (χ0n) is 17.7. The molecule has 4 aromatic carbocycles. The third-order valence-electron chi connectivity index (χ3n) is 5.49. The number of benzene rings is 4. The van der Waals surface area contributed by atoms with E-state index in [1.807, 2.05) is 55.5 Å². The number of aryl methyl sites for hydroxylation is 1. The zero-order chi connectivity index (χ0) is 22.9. The molecule has 1 heterocycles. The molecule has 6 heteroatoms. The van der Waals surface area contributed by atoms with Crippen molar-refractivity contribution in [1.82, 2.24) is 9.78 Å². The maximum atomic E-state index is 13.1. The molecule has 4 nitrogen and oxygen atoms in total. The minimum Gasteiger partial charge on any atom is -0.319 e. The molecule has 0 saturated heterocycles. The van der Waals surface area contributed by atoms with Gasteiger partial charge in [0.05, 0.1) is 27.1 Å². The summed E-state index contributed by atoms with van der Waals surface area (Å²) in [7, 11) is 0. The minimum absolute atomic E-state index is 0.273. The van der Waals surface area contributed by atoms with Crippen LogP contribution in [0.2, 0.25) is 10.0 Å². The van der Waals surface area contributed by atoms with Gasteiger partial charge in [0.1, 0.15) is 0 Å². The lowest BCUT2D eigenvalue weighted by Gasteiger charge is -2.10. The van der Waals surface area contributed by atoms with Gasteiger partial charge in [-0.1, -0.05) is 89.4 Å². The van der Waals surface area contributed by atoms with Crippen molar-refractivity contribution >= 4 is 45.6 Å². The molecule has 33 heavy (non-hydrogen) atoms. The van der Waals surface area contributed by atoms with Gasteiger partial charge in [0.25, 0.3) is 5.91 Å². The highest BCUT2D eigenvalue weighted by molar-refractivity contribution is 6.44. The van der Waals surface area contributed by atoms with Crippen LogP contribution < -0.4 is 5.32 Å². The number of carbonyl (C=O) groups excluding carboxylic acids is 1. The van der Waals surface area contributed by atoms with Gasteiger partial charge >= 0.3 is 0 Å². The number of aromatic nitrogens is 2. The molecule has 162 valence electrons. The molecule has 0 radical (unpaired) electrons. The van der Waals surface area contributed by atoms with Crippen molar-refractivity contribution in [2.75, 3.05) is 5.32 Å². The summed E-state index contributed by atoms with van der Waals surface area (Å²) in [5.74, 6) is -0.369. The van der Waals surface area contributed by atoms with E-state index >= 15 is 0 Å². The van der Waals surface area contributed by atoms with Crippen molar-refractivity contribution in [3.8, 4) is 16.9 Å². The zero-order valence-corrected chi connectivity index (χ0v) is 19.2. The topological polar surface area (TPSA) is 46.9 Å². The van der Waals surface area contributed by atoms with Crippen molar-refractivity contribution in [3.05, 3.63) is 112 Å². The molecule has 5 rings (SSSR count). The van der Waals surface area contributed by atoms with Gasteiger partial charge in [0.15, 0.2) is 5.69 Å². The number of hydrogen-bond acceptors (Lipinski definition) is 2. The summed E-state index contributed by atoms with van der Waals surface area (Å²) in [5, 5.41) is 10.4. The number of hydrogen-bond donors (Lipinski definition) is 1. The van der Waals surface area contributed by atoms with Crippen LogP contribution >= 0.6 is 23.2 Å². The van der Waals surface area contributed by atoms with Gasteiger partial charge in [-0.15, -0.1) is 0 Å². The lowest BCUT2D eigenvalue weighted by atomic mass is 10.0. The molecule has 0 spiro atoms. The van der Waals surface area contributed by atoms with E-state index < -0.39 is 0 Å². The van der Waals surface area contributed by atoms with Crippen LogP contribution in [0.5, 0.6) is 0 Å². The Morgan fingerprint density at radius 1 is 0.879 bits per heavy atom. The number of rotatable bonds is 4. The average Bonchev–Trinajstić information content (AvgIpc) is 3.27. The van der Waals surface area contributed by atoms with Crippen LogP contribution in [0, 0.1) is 6.92 Å². The van der Waals surface area contributed by atoms with Crippen molar-refractivity contribution in [2.24, 2.45) is 0 Å². The monoisotopic (exact) mass is 471 g/mol. The predicted octanol–water partition coefficient (Wildman–Crippen LogP) is 7.56. The number of nitrogens with zero attached hydrogens (tertiary/aromatic N) is 2. The van der Waals surface area contributed by atoms with E-state index in [4.69, 9.17) is 23.2 Å². The summed E-state index contributed by atoms with van der Waals surface area (Å²) in [6.45, 7) is 2.03. The smallest absolute Gasteiger partial charge is 0.276 e. The molecule has 1 amide bonds. The molecule has 0 aliphatic rings. The quantitative estimate of drug-likeness (QED) is 0.293. The number of anilines is 1.